The van der Waals surface area contributed by atoms with Crippen molar-refractivity contribution >= 4 is 0 Å². The summed E-state index contributed by atoms with van der Waals surface area (Å²) >= 11 is 0. The van der Waals surface area contributed by atoms with Crippen LogP contribution in [0.3, 0.4) is 0 Å². The molecule has 0 spiro atoms. The number of ether oxygens (including phenoxy) is 1. The molecule has 2 rings (SSSR count). The summed E-state index contributed by atoms with van der Waals surface area (Å²) < 4.78 is 5.74. The molecule has 0 atom stereocenters. The summed E-state index contributed by atoms with van der Waals surface area (Å²) in [6.07, 6.45) is 0. The van der Waals surface area contributed by atoms with Gasteiger partial charge < -0.3 is 10.1 Å². The maximum atomic E-state index is 9.02. The lowest BCUT2D eigenvalue weighted by molar-refractivity contribution is 0.305. The standard InChI is InChI=1S/C16H16N2O/c1-18-11-13-5-4-8-16(9-13)19-12-15-7-3-2-6-14(15)10-17/h2-9,18H,11-12H2,1H3. The maximum Gasteiger partial charge on any atom is 0.120 e. The van der Waals surface area contributed by atoms with Crippen LogP contribution in [0, 0.1) is 11.3 Å². The van der Waals surface area contributed by atoms with Gasteiger partial charge in [0.25, 0.3) is 0 Å². The molecule has 0 aliphatic heterocycles. The third kappa shape index (κ3) is 3.57. The zero-order valence-electron chi connectivity index (χ0n) is 10.9. The lowest BCUT2D eigenvalue weighted by atomic mass is 10.1. The van der Waals surface area contributed by atoms with E-state index in [1.54, 1.807) is 6.07 Å². The van der Waals surface area contributed by atoms with E-state index in [0.29, 0.717) is 12.2 Å². The van der Waals surface area contributed by atoms with Gasteiger partial charge in [-0.15, -0.1) is 0 Å². The first-order valence-corrected chi connectivity index (χ1v) is 6.18. The fourth-order valence-electron chi connectivity index (χ4n) is 1.87. The molecule has 0 saturated carbocycles. The quantitative estimate of drug-likeness (QED) is 0.890. The third-order valence-electron chi connectivity index (χ3n) is 2.81. The molecule has 0 aromatic heterocycles. The van der Waals surface area contributed by atoms with Crippen molar-refractivity contribution in [2.45, 2.75) is 13.2 Å². The molecule has 1 N–H and O–H groups in total. The van der Waals surface area contributed by atoms with Gasteiger partial charge in [0.2, 0.25) is 0 Å². The minimum absolute atomic E-state index is 0.409. The summed E-state index contributed by atoms with van der Waals surface area (Å²) in [7, 11) is 1.91. The molecule has 2 aromatic rings. The molecule has 0 saturated heterocycles. The Balaban J connectivity index is 2.06. The second kappa shape index (κ2) is 6.58. The van der Waals surface area contributed by atoms with Gasteiger partial charge in [0.15, 0.2) is 0 Å². The van der Waals surface area contributed by atoms with E-state index in [0.717, 1.165) is 17.9 Å². The summed E-state index contributed by atoms with van der Waals surface area (Å²) in [5.74, 6) is 0.820. The summed E-state index contributed by atoms with van der Waals surface area (Å²) in [6.45, 7) is 1.22. The predicted octanol–water partition coefficient (Wildman–Crippen LogP) is 2.86. The van der Waals surface area contributed by atoms with Crippen LogP contribution in [-0.2, 0) is 13.2 Å². The van der Waals surface area contributed by atoms with E-state index in [9.17, 15) is 0 Å². The molecule has 0 radical (unpaired) electrons. The molecule has 0 aliphatic rings. The summed E-state index contributed by atoms with van der Waals surface area (Å²) in [6, 6.07) is 17.6. The van der Waals surface area contributed by atoms with E-state index < -0.39 is 0 Å². The summed E-state index contributed by atoms with van der Waals surface area (Å²) in [5.41, 5.74) is 2.74. The van der Waals surface area contributed by atoms with E-state index >= 15 is 0 Å². The Labute approximate surface area is 113 Å². The van der Waals surface area contributed by atoms with Crippen LogP contribution in [0.2, 0.25) is 0 Å². The van der Waals surface area contributed by atoms with Gasteiger partial charge in [-0.2, -0.15) is 5.26 Å². The fourth-order valence-corrected chi connectivity index (χ4v) is 1.87. The summed E-state index contributed by atoms with van der Waals surface area (Å²) in [4.78, 5) is 0. The molecule has 0 amide bonds. The van der Waals surface area contributed by atoms with Crippen molar-refractivity contribution in [3.05, 3.63) is 65.2 Å². The Morgan fingerprint density at radius 2 is 2.00 bits per heavy atom. The molecule has 96 valence electrons. The number of nitrogens with one attached hydrogen (secondary N) is 1. The van der Waals surface area contributed by atoms with Crippen molar-refractivity contribution in [1.29, 1.82) is 5.26 Å². The van der Waals surface area contributed by atoms with Gasteiger partial charge in [0.1, 0.15) is 12.4 Å². The Morgan fingerprint density at radius 1 is 1.16 bits per heavy atom. The number of hydrogen-bond acceptors (Lipinski definition) is 3. The van der Waals surface area contributed by atoms with Gasteiger partial charge in [-0.05, 0) is 30.8 Å². The highest BCUT2D eigenvalue weighted by Crippen LogP contribution is 2.16. The van der Waals surface area contributed by atoms with Crippen LogP contribution in [0.25, 0.3) is 0 Å². The van der Waals surface area contributed by atoms with Crippen LogP contribution in [0.5, 0.6) is 5.75 Å². The number of hydrogen-bond donors (Lipinski definition) is 1. The molecule has 0 bridgehead atoms. The number of nitrogens with zero attached hydrogens (tertiary/aromatic N) is 1. The smallest absolute Gasteiger partial charge is 0.120 e. The highest BCUT2D eigenvalue weighted by Gasteiger charge is 2.02. The Kier molecular flexibility index (Phi) is 4.54. The molecule has 0 fully saturated rings. The highest BCUT2D eigenvalue weighted by atomic mass is 16.5. The van der Waals surface area contributed by atoms with Crippen LogP contribution < -0.4 is 10.1 Å². The molecular formula is C16H16N2O. The average molecular weight is 252 g/mol. The Morgan fingerprint density at radius 3 is 2.79 bits per heavy atom. The molecule has 19 heavy (non-hydrogen) atoms. The normalized spacial score (nSPS) is 9.89. The first kappa shape index (κ1) is 13.1. The van der Waals surface area contributed by atoms with Crippen molar-refractivity contribution in [2.24, 2.45) is 0 Å². The van der Waals surface area contributed by atoms with E-state index in [-0.39, 0.29) is 0 Å². The van der Waals surface area contributed by atoms with E-state index in [1.165, 1.54) is 5.56 Å². The van der Waals surface area contributed by atoms with Crippen molar-refractivity contribution in [2.75, 3.05) is 7.05 Å². The topological polar surface area (TPSA) is 45.0 Å². The van der Waals surface area contributed by atoms with Crippen molar-refractivity contribution in [1.82, 2.24) is 5.32 Å². The zero-order chi connectivity index (χ0) is 13.5. The van der Waals surface area contributed by atoms with Crippen LogP contribution in [0.15, 0.2) is 48.5 Å². The van der Waals surface area contributed by atoms with Gasteiger partial charge >= 0.3 is 0 Å². The average Bonchev–Trinajstić information content (AvgIpc) is 2.46. The van der Waals surface area contributed by atoms with E-state index in [2.05, 4.69) is 11.4 Å². The van der Waals surface area contributed by atoms with Crippen molar-refractivity contribution < 1.29 is 4.74 Å². The van der Waals surface area contributed by atoms with Gasteiger partial charge in [0.05, 0.1) is 11.6 Å². The van der Waals surface area contributed by atoms with Crippen molar-refractivity contribution in [3.8, 4) is 11.8 Å². The lowest BCUT2D eigenvalue weighted by Gasteiger charge is -2.09. The second-order valence-electron chi connectivity index (χ2n) is 4.24. The molecule has 0 unspecified atom stereocenters. The SMILES string of the molecule is CNCc1cccc(OCc2ccccc2C#N)c1. The first-order chi connectivity index (χ1) is 9.33. The minimum atomic E-state index is 0.409. The van der Waals surface area contributed by atoms with Gasteiger partial charge in [-0.1, -0.05) is 30.3 Å². The number of rotatable bonds is 5. The summed E-state index contributed by atoms with van der Waals surface area (Å²) in [5, 5.41) is 12.1. The van der Waals surface area contributed by atoms with Crippen LogP contribution in [0.1, 0.15) is 16.7 Å². The number of nitriles is 1. The monoisotopic (exact) mass is 252 g/mol. The van der Waals surface area contributed by atoms with Gasteiger partial charge in [-0.3, -0.25) is 0 Å². The highest BCUT2D eigenvalue weighted by molar-refractivity contribution is 5.37. The zero-order valence-corrected chi connectivity index (χ0v) is 10.9. The van der Waals surface area contributed by atoms with Gasteiger partial charge in [-0.25, -0.2) is 0 Å². The maximum absolute atomic E-state index is 9.02. The first-order valence-electron chi connectivity index (χ1n) is 6.18. The van der Waals surface area contributed by atoms with E-state index in [4.69, 9.17) is 10.00 Å². The molecule has 3 nitrogen and oxygen atoms in total. The molecular weight excluding hydrogens is 236 g/mol. The molecule has 2 aromatic carbocycles. The molecule has 3 heteroatoms. The van der Waals surface area contributed by atoms with Gasteiger partial charge in [0, 0.05) is 12.1 Å². The third-order valence-corrected chi connectivity index (χ3v) is 2.81. The minimum Gasteiger partial charge on any atom is -0.489 e. The fraction of sp³-hybridized carbons (Fsp3) is 0.188. The Bertz CT molecular complexity index is 587. The largest absolute Gasteiger partial charge is 0.489 e. The van der Waals surface area contributed by atoms with Crippen molar-refractivity contribution in [3.63, 3.8) is 0 Å². The predicted molar refractivity (Wildman–Crippen MR) is 74.7 cm³/mol. The van der Waals surface area contributed by atoms with Crippen LogP contribution in [-0.4, -0.2) is 7.05 Å². The van der Waals surface area contributed by atoms with Crippen LogP contribution >= 0.6 is 0 Å². The molecule has 0 heterocycles. The number of benzene rings is 2. The Hall–Kier alpha value is -2.31. The second-order valence-corrected chi connectivity index (χ2v) is 4.24. The molecule has 0 aliphatic carbocycles. The lowest BCUT2D eigenvalue weighted by Crippen LogP contribution is -2.05. The van der Waals surface area contributed by atoms with E-state index in [1.807, 2.05) is 49.5 Å². The van der Waals surface area contributed by atoms with Crippen LogP contribution in [0.4, 0.5) is 0 Å².